The highest BCUT2D eigenvalue weighted by Crippen LogP contribution is 2.35. The molecule has 0 aliphatic carbocycles. The minimum atomic E-state index is 0.616. The molecule has 1 aromatic carbocycles. The van der Waals surface area contributed by atoms with Crippen LogP contribution in [0.1, 0.15) is 19.4 Å². The molecule has 118 valence electrons. The Labute approximate surface area is 135 Å². The Kier molecular flexibility index (Phi) is 6.80. The smallest absolute Gasteiger partial charge is 0.162 e. The van der Waals surface area contributed by atoms with E-state index in [0.29, 0.717) is 25.7 Å². The molecule has 0 unspecified atom stereocenters. The van der Waals surface area contributed by atoms with Crippen molar-refractivity contribution in [2.45, 2.75) is 20.3 Å². The molecule has 5 heteroatoms. The van der Waals surface area contributed by atoms with Crippen molar-refractivity contribution in [3.63, 3.8) is 0 Å². The third kappa shape index (κ3) is 5.49. The van der Waals surface area contributed by atoms with Gasteiger partial charge in [0.25, 0.3) is 0 Å². The summed E-state index contributed by atoms with van der Waals surface area (Å²) in [6, 6.07) is 4.02. The molecule has 21 heavy (non-hydrogen) atoms. The first-order valence-corrected chi connectivity index (χ1v) is 8.32. The normalized spacial score (nSPS) is 13.7. The average molecular weight is 358 g/mol. The second kappa shape index (κ2) is 8.61. The highest BCUT2D eigenvalue weighted by Gasteiger charge is 2.14. The lowest BCUT2D eigenvalue weighted by atomic mass is 10.1. The minimum Gasteiger partial charge on any atom is -0.486 e. The molecule has 0 bridgehead atoms. The number of halogens is 1. The second-order valence-corrected chi connectivity index (χ2v) is 6.40. The van der Waals surface area contributed by atoms with Crippen LogP contribution in [0, 0.1) is 5.92 Å². The molecule has 2 rings (SSSR count). The topological polar surface area (TPSA) is 39.7 Å². The van der Waals surface area contributed by atoms with Crippen LogP contribution in [0.2, 0.25) is 0 Å². The Morgan fingerprint density at radius 3 is 2.62 bits per heavy atom. The number of fused-ring (bicyclic) bond motifs is 1. The van der Waals surface area contributed by atoms with E-state index in [9.17, 15) is 0 Å². The molecular weight excluding hydrogens is 334 g/mol. The molecule has 0 fully saturated rings. The van der Waals surface area contributed by atoms with Gasteiger partial charge in [-0.05, 0) is 36.6 Å². The van der Waals surface area contributed by atoms with Crippen molar-refractivity contribution in [1.82, 2.24) is 5.32 Å². The number of hydrogen-bond donors (Lipinski definition) is 1. The first-order valence-electron chi connectivity index (χ1n) is 7.53. The monoisotopic (exact) mass is 357 g/mol. The van der Waals surface area contributed by atoms with E-state index in [-0.39, 0.29) is 0 Å². The van der Waals surface area contributed by atoms with Gasteiger partial charge < -0.3 is 19.5 Å². The number of benzene rings is 1. The Bertz CT molecular complexity index is 451. The van der Waals surface area contributed by atoms with E-state index in [1.165, 1.54) is 5.56 Å². The highest BCUT2D eigenvalue weighted by atomic mass is 79.9. The molecule has 0 saturated carbocycles. The zero-order valence-corrected chi connectivity index (χ0v) is 14.4. The Morgan fingerprint density at radius 1 is 1.19 bits per heavy atom. The molecule has 1 N–H and O–H groups in total. The molecule has 0 saturated heterocycles. The van der Waals surface area contributed by atoms with Crippen molar-refractivity contribution in [3.05, 3.63) is 22.2 Å². The quantitative estimate of drug-likeness (QED) is 0.726. The molecule has 1 heterocycles. The standard InChI is InChI=1S/C16H24BrNO3/c1-12(2)11-18-4-6-19-5-3-13-9-15-16(10-14(13)17)21-8-7-20-15/h9-10,12,18H,3-8,11H2,1-2H3. The molecule has 1 aliphatic rings. The van der Waals surface area contributed by atoms with Gasteiger partial charge in [-0.2, -0.15) is 0 Å². The van der Waals surface area contributed by atoms with Gasteiger partial charge in [-0.3, -0.25) is 0 Å². The zero-order chi connectivity index (χ0) is 15.1. The molecule has 4 nitrogen and oxygen atoms in total. The van der Waals surface area contributed by atoms with Gasteiger partial charge in [0.05, 0.1) is 13.2 Å². The first-order chi connectivity index (χ1) is 10.2. The lowest BCUT2D eigenvalue weighted by Crippen LogP contribution is -2.24. The number of ether oxygens (including phenoxy) is 3. The van der Waals surface area contributed by atoms with Crippen molar-refractivity contribution >= 4 is 15.9 Å². The summed E-state index contributed by atoms with van der Waals surface area (Å²) in [5, 5.41) is 3.37. The summed E-state index contributed by atoms with van der Waals surface area (Å²) in [5.74, 6) is 2.33. The maximum absolute atomic E-state index is 5.66. The third-order valence-electron chi connectivity index (χ3n) is 3.20. The second-order valence-electron chi connectivity index (χ2n) is 5.55. The Hall–Kier alpha value is -0.780. The summed E-state index contributed by atoms with van der Waals surface area (Å²) < 4.78 is 17.9. The van der Waals surface area contributed by atoms with Gasteiger partial charge in [0.15, 0.2) is 11.5 Å². The average Bonchev–Trinajstić information content (AvgIpc) is 2.46. The van der Waals surface area contributed by atoms with Crippen LogP contribution in [-0.4, -0.2) is 39.5 Å². The van der Waals surface area contributed by atoms with Crippen LogP contribution < -0.4 is 14.8 Å². The van der Waals surface area contributed by atoms with E-state index in [1.807, 2.05) is 12.1 Å². The summed E-state index contributed by atoms with van der Waals surface area (Å²) in [5.41, 5.74) is 1.19. The summed E-state index contributed by atoms with van der Waals surface area (Å²) in [6.07, 6.45) is 0.863. The maximum Gasteiger partial charge on any atom is 0.162 e. The van der Waals surface area contributed by atoms with Crippen molar-refractivity contribution in [1.29, 1.82) is 0 Å². The maximum atomic E-state index is 5.66. The summed E-state index contributed by atoms with van der Waals surface area (Å²) >= 11 is 3.58. The van der Waals surface area contributed by atoms with Gasteiger partial charge in [-0.15, -0.1) is 0 Å². The first kappa shape index (κ1) is 16.6. The zero-order valence-electron chi connectivity index (χ0n) is 12.8. The van der Waals surface area contributed by atoms with E-state index in [4.69, 9.17) is 14.2 Å². The highest BCUT2D eigenvalue weighted by molar-refractivity contribution is 9.10. The van der Waals surface area contributed by atoms with Crippen LogP contribution >= 0.6 is 15.9 Å². The van der Waals surface area contributed by atoms with E-state index in [1.54, 1.807) is 0 Å². The SMILES string of the molecule is CC(C)CNCCOCCc1cc2c(cc1Br)OCCO2. The van der Waals surface area contributed by atoms with Gasteiger partial charge in [0.1, 0.15) is 13.2 Å². The van der Waals surface area contributed by atoms with E-state index in [2.05, 4.69) is 35.1 Å². The molecule has 0 amide bonds. The van der Waals surface area contributed by atoms with Crippen molar-refractivity contribution in [2.75, 3.05) is 39.5 Å². The number of hydrogen-bond acceptors (Lipinski definition) is 4. The van der Waals surface area contributed by atoms with Gasteiger partial charge in [-0.1, -0.05) is 29.8 Å². The van der Waals surface area contributed by atoms with E-state index < -0.39 is 0 Å². The third-order valence-corrected chi connectivity index (χ3v) is 3.94. The van der Waals surface area contributed by atoms with E-state index >= 15 is 0 Å². The Morgan fingerprint density at radius 2 is 1.90 bits per heavy atom. The van der Waals surface area contributed by atoms with Crippen molar-refractivity contribution in [2.24, 2.45) is 5.92 Å². The number of nitrogens with one attached hydrogen (secondary N) is 1. The fourth-order valence-corrected chi connectivity index (χ4v) is 2.64. The van der Waals surface area contributed by atoms with Crippen LogP contribution in [0.15, 0.2) is 16.6 Å². The molecule has 1 aromatic rings. The van der Waals surface area contributed by atoms with Gasteiger partial charge >= 0.3 is 0 Å². The summed E-state index contributed by atoms with van der Waals surface area (Å²) in [6.45, 7) is 9.03. The lowest BCUT2D eigenvalue weighted by molar-refractivity contribution is 0.138. The Balaban J connectivity index is 1.71. The molecule has 1 aliphatic heterocycles. The molecule has 0 atom stereocenters. The van der Waals surface area contributed by atoms with Crippen LogP contribution in [0.4, 0.5) is 0 Å². The fourth-order valence-electron chi connectivity index (χ4n) is 2.12. The fraction of sp³-hybridized carbons (Fsp3) is 0.625. The number of rotatable bonds is 8. The summed E-state index contributed by atoms with van der Waals surface area (Å²) in [7, 11) is 0. The largest absolute Gasteiger partial charge is 0.486 e. The van der Waals surface area contributed by atoms with E-state index in [0.717, 1.165) is 42.1 Å². The molecule has 0 spiro atoms. The van der Waals surface area contributed by atoms with Gasteiger partial charge in [0, 0.05) is 11.0 Å². The molecule has 0 aromatic heterocycles. The predicted octanol–water partition coefficient (Wildman–Crippen LogP) is 3.03. The lowest BCUT2D eigenvalue weighted by Gasteiger charge is -2.20. The van der Waals surface area contributed by atoms with Gasteiger partial charge in [0.2, 0.25) is 0 Å². The minimum absolute atomic E-state index is 0.616. The predicted molar refractivity (Wildman–Crippen MR) is 87.4 cm³/mol. The van der Waals surface area contributed by atoms with Crippen LogP contribution in [0.25, 0.3) is 0 Å². The van der Waals surface area contributed by atoms with Gasteiger partial charge in [-0.25, -0.2) is 0 Å². The van der Waals surface area contributed by atoms with Crippen LogP contribution in [0.3, 0.4) is 0 Å². The summed E-state index contributed by atoms with van der Waals surface area (Å²) in [4.78, 5) is 0. The van der Waals surface area contributed by atoms with Crippen molar-refractivity contribution < 1.29 is 14.2 Å². The molecule has 0 radical (unpaired) electrons. The molecular formula is C16H24BrNO3. The van der Waals surface area contributed by atoms with Crippen LogP contribution in [0.5, 0.6) is 11.5 Å². The van der Waals surface area contributed by atoms with Crippen molar-refractivity contribution in [3.8, 4) is 11.5 Å². The van der Waals surface area contributed by atoms with Crippen LogP contribution in [-0.2, 0) is 11.2 Å².